The van der Waals surface area contributed by atoms with E-state index in [0.717, 1.165) is 6.42 Å². The zero-order valence-electron chi connectivity index (χ0n) is 10.3. The number of anilines is 1. The molecule has 0 bridgehead atoms. The standard InChI is InChI=1S/C14H15N3O/c1-10-3-2-4-11(7-10)5-6-13-16-8-12(9-18)14(15)17-13/h2-4,7-9H,5-6H2,1H3,(H2,15,16,17). The molecule has 1 aromatic carbocycles. The van der Waals surface area contributed by atoms with Gasteiger partial charge in [0, 0.05) is 12.6 Å². The average molecular weight is 241 g/mol. The molecular formula is C14H15N3O. The van der Waals surface area contributed by atoms with Crippen LogP contribution >= 0.6 is 0 Å². The van der Waals surface area contributed by atoms with Crippen molar-refractivity contribution in [3.8, 4) is 0 Å². The predicted molar refractivity (Wildman–Crippen MR) is 70.4 cm³/mol. The largest absolute Gasteiger partial charge is 0.383 e. The summed E-state index contributed by atoms with van der Waals surface area (Å²) in [5, 5.41) is 0. The maximum absolute atomic E-state index is 10.6. The summed E-state index contributed by atoms with van der Waals surface area (Å²) in [6, 6.07) is 8.32. The van der Waals surface area contributed by atoms with Gasteiger partial charge in [-0.3, -0.25) is 4.79 Å². The predicted octanol–water partition coefficient (Wildman–Crippen LogP) is 1.96. The molecule has 0 radical (unpaired) electrons. The maximum Gasteiger partial charge on any atom is 0.155 e. The van der Waals surface area contributed by atoms with Gasteiger partial charge in [-0.1, -0.05) is 29.8 Å². The van der Waals surface area contributed by atoms with E-state index in [4.69, 9.17) is 5.73 Å². The van der Waals surface area contributed by atoms with Crippen LogP contribution in [0.25, 0.3) is 0 Å². The van der Waals surface area contributed by atoms with Crippen LogP contribution in [0, 0.1) is 6.92 Å². The van der Waals surface area contributed by atoms with Crippen LogP contribution in [0.1, 0.15) is 27.3 Å². The minimum atomic E-state index is 0.249. The second-order valence-corrected chi connectivity index (χ2v) is 4.23. The number of aromatic nitrogens is 2. The Morgan fingerprint density at radius 2 is 2.17 bits per heavy atom. The minimum Gasteiger partial charge on any atom is -0.383 e. The lowest BCUT2D eigenvalue weighted by Gasteiger charge is -2.04. The van der Waals surface area contributed by atoms with Crippen molar-refractivity contribution in [1.29, 1.82) is 0 Å². The lowest BCUT2D eigenvalue weighted by Crippen LogP contribution is -2.04. The first-order valence-corrected chi connectivity index (χ1v) is 5.81. The number of hydrogen-bond acceptors (Lipinski definition) is 4. The van der Waals surface area contributed by atoms with E-state index in [0.29, 0.717) is 24.1 Å². The first-order chi connectivity index (χ1) is 8.69. The highest BCUT2D eigenvalue weighted by Gasteiger charge is 2.03. The highest BCUT2D eigenvalue weighted by molar-refractivity contribution is 5.80. The molecule has 1 aromatic heterocycles. The summed E-state index contributed by atoms with van der Waals surface area (Å²) in [5.74, 6) is 0.916. The van der Waals surface area contributed by atoms with Gasteiger partial charge in [0.1, 0.15) is 11.6 Å². The zero-order chi connectivity index (χ0) is 13.0. The van der Waals surface area contributed by atoms with Crippen molar-refractivity contribution in [2.45, 2.75) is 19.8 Å². The van der Waals surface area contributed by atoms with Gasteiger partial charge in [-0.2, -0.15) is 0 Å². The Labute approximate surface area is 106 Å². The van der Waals surface area contributed by atoms with Crippen LogP contribution in [-0.4, -0.2) is 16.3 Å². The molecule has 0 aliphatic carbocycles. The van der Waals surface area contributed by atoms with Crippen molar-refractivity contribution in [2.75, 3.05) is 5.73 Å². The molecule has 2 N–H and O–H groups in total. The molecule has 0 amide bonds. The van der Waals surface area contributed by atoms with Crippen molar-refractivity contribution in [2.24, 2.45) is 0 Å². The quantitative estimate of drug-likeness (QED) is 0.831. The average Bonchev–Trinajstić information content (AvgIpc) is 2.37. The highest BCUT2D eigenvalue weighted by atomic mass is 16.1. The fourth-order valence-corrected chi connectivity index (χ4v) is 1.78. The molecule has 18 heavy (non-hydrogen) atoms. The summed E-state index contributed by atoms with van der Waals surface area (Å²) < 4.78 is 0. The number of benzene rings is 1. The van der Waals surface area contributed by atoms with Crippen LogP contribution in [0.5, 0.6) is 0 Å². The van der Waals surface area contributed by atoms with Gasteiger partial charge in [-0.15, -0.1) is 0 Å². The lowest BCUT2D eigenvalue weighted by atomic mass is 10.1. The SMILES string of the molecule is Cc1cccc(CCc2ncc(C=O)c(N)n2)c1. The number of carbonyl (C=O) groups excluding carboxylic acids is 1. The molecule has 0 saturated carbocycles. The third kappa shape index (κ3) is 2.91. The highest BCUT2D eigenvalue weighted by Crippen LogP contribution is 2.09. The normalized spacial score (nSPS) is 10.3. The summed E-state index contributed by atoms with van der Waals surface area (Å²) in [4.78, 5) is 18.8. The summed E-state index contributed by atoms with van der Waals surface area (Å²) in [6.45, 7) is 2.07. The lowest BCUT2D eigenvalue weighted by molar-refractivity contribution is 0.112. The molecule has 4 heteroatoms. The molecular weight excluding hydrogens is 226 g/mol. The van der Waals surface area contributed by atoms with Crippen molar-refractivity contribution in [3.63, 3.8) is 0 Å². The fourth-order valence-electron chi connectivity index (χ4n) is 1.78. The van der Waals surface area contributed by atoms with Crippen molar-refractivity contribution in [3.05, 3.63) is 53.0 Å². The van der Waals surface area contributed by atoms with Gasteiger partial charge in [0.05, 0.1) is 5.56 Å². The number of carbonyl (C=O) groups is 1. The molecule has 92 valence electrons. The van der Waals surface area contributed by atoms with Crippen LogP contribution in [0.15, 0.2) is 30.5 Å². The van der Waals surface area contributed by atoms with Crippen molar-refractivity contribution in [1.82, 2.24) is 9.97 Å². The molecule has 0 aliphatic heterocycles. The van der Waals surface area contributed by atoms with E-state index in [1.165, 1.54) is 17.3 Å². The van der Waals surface area contributed by atoms with Crippen LogP contribution in [-0.2, 0) is 12.8 Å². The Morgan fingerprint density at radius 1 is 1.33 bits per heavy atom. The van der Waals surface area contributed by atoms with E-state index in [2.05, 4.69) is 35.1 Å². The second kappa shape index (κ2) is 5.40. The van der Waals surface area contributed by atoms with E-state index in [9.17, 15) is 4.79 Å². The summed E-state index contributed by atoms with van der Waals surface area (Å²) >= 11 is 0. The molecule has 0 fully saturated rings. The Kier molecular flexibility index (Phi) is 3.67. The number of aryl methyl sites for hydroxylation is 3. The van der Waals surface area contributed by atoms with Gasteiger partial charge in [0.25, 0.3) is 0 Å². The van der Waals surface area contributed by atoms with Gasteiger partial charge in [0.15, 0.2) is 6.29 Å². The molecule has 1 heterocycles. The van der Waals surface area contributed by atoms with Gasteiger partial charge in [-0.25, -0.2) is 9.97 Å². The smallest absolute Gasteiger partial charge is 0.155 e. The monoisotopic (exact) mass is 241 g/mol. The summed E-state index contributed by atoms with van der Waals surface area (Å²) in [7, 11) is 0. The summed E-state index contributed by atoms with van der Waals surface area (Å²) in [5.41, 5.74) is 8.47. The van der Waals surface area contributed by atoms with Gasteiger partial charge in [-0.05, 0) is 18.9 Å². The Balaban J connectivity index is 2.06. The van der Waals surface area contributed by atoms with E-state index in [1.807, 2.05) is 6.07 Å². The number of nitrogen functional groups attached to an aromatic ring is 1. The first-order valence-electron chi connectivity index (χ1n) is 5.81. The number of nitrogens with two attached hydrogens (primary N) is 1. The second-order valence-electron chi connectivity index (χ2n) is 4.23. The third-order valence-electron chi connectivity index (χ3n) is 2.74. The van der Waals surface area contributed by atoms with Crippen LogP contribution in [0.3, 0.4) is 0 Å². The molecule has 0 aliphatic rings. The summed E-state index contributed by atoms with van der Waals surface area (Å²) in [6.07, 6.45) is 3.72. The Hall–Kier alpha value is -2.23. The van der Waals surface area contributed by atoms with Crippen LogP contribution < -0.4 is 5.73 Å². The number of aldehydes is 1. The third-order valence-corrected chi connectivity index (χ3v) is 2.74. The van der Waals surface area contributed by atoms with E-state index in [-0.39, 0.29) is 5.82 Å². The maximum atomic E-state index is 10.6. The van der Waals surface area contributed by atoms with Gasteiger partial charge >= 0.3 is 0 Å². The van der Waals surface area contributed by atoms with Gasteiger partial charge in [0.2, 0.25) is 0 Å². The Bertz CT molecular complexity index is 567. The minimum absolute atomic E-state index is 0.249. The molecule has 2 aromatic rings. The first kappa shape index (κ1) is 12.2. The topological polar surface area (TPSA) is 68.9 Å². The fraction of sp³-hybridized carbons (Fsp3) is 0.214. The molecule has 2 rings (SSSR count). The number of hydrogen-bond donors (Lipinski definition) is 1. The van der Waals surface area contributed by atoms with E-state index in [1.54, 1.807) is 0 Å². The molecule has 0 spiro atoms. The molecule has 4 nitrogen and oxygen atoms in total. The Morgan fingerprint density at radius 3 is 2.83 bits per heavy atom. The molecule has 0 unspecified atom stereocenters. The molecule has 0 saturated heterocycles. The number of rotatable bonds is 4. The van der Waals surface area contributed by atoms with Gasteiger partial charge < -0.3 is 5.73 Å². The van der Waals surface area contributed by atoms with E-state index < -0.39 is 0 Å². The number of nitrogens with zero attached hydrogens (tertiary/aromatic N) is 2. The van der Waals surface area contributed by atoms with Crippen LogP contribution in [0.4, 0.5) is 5.82 Å². The van der Waals surface area contributed by atoms with E-state index >= 15 is 0 Å². The van der Waals surface area contributed by atoms with Crippen LogP contribution in [0.2, 0.25) is 0 Å². The molecule has 0 atom stereocenters. The zero-order valence-corrected chi connectivity index (χ0v) is 10.3. The van der Waals surface area contributed by atoms with Crippen molar-refractivity contribution < 1.29 is 4.79 Å². The van der Waals surface area contributed by atoms with Crippen molar-refractivity contribution >= 4 is 12.1 Å².